The van der Waals surface area contributed by atoms with Gasteiger partial charge in [-0.25, -0.2) is 5.84 Å². The number of rotatable bonds is 2. The van der Waals surface area contributed by atoms with E-state index in [1.807, 2.05) is 18.9 Å². The number of likely N-dealkylation sites (N-methyl/N-ethyl adjacent to an activating group) is 1. The molecule has 1 aliphatic rings. The molecule has 11 heteroatoms. The summed E-state index contributed by atoms with van der Waals surface area (Å²) in [6.07, 6.45) is 0. The van der Waals surface area contributed by atoms with Gasteiger partial charge in [-0.3, -0.25) is 0 Å². The molecule has 0 bridgehead atoms. The Kier molecular flexibility index (Phi) is 10.6. The quantitative estimate of drug-likeness (QED) is 0.462. The van der Waals surface area contributed by atoms with Gasteiger partial charge < -0.3 is 15.2 Å². The first-order valence-corrected chi connectivity index (χ1v) is 6.05. The van der Waals surface area contributed by atoms with Gasteiger partial charge >= 0.3 is 0 Å². The summed E-state index contributed by atoms with van der Waals surface area (Å²) in [5.41, 5.74) is 2.19. The standard InChI is InChI=1S/C10H16ClFN6.3ClH/c1-6-5-17(2)3-4-18(6)9-7(12)8(16-13)14-10(11)15-9;;;/h6H,3-5,13H2,1-2H3,(H,14,15,16);3*1H/t6-;;;/m1.../s1. The van der Waals surface area contributed by atoms with Crippen LogP contribution in [-0.4, -0.2) is 47.6 Å². The van der Waals surface area contributed by atoms with Crippen LogP contribution in [0.2, 0.25) is 5.28 Å². The molecule has 0 amide bonds. The van der Waals surface area contributed by atoms with Gasteiger partial charge in [-0.1, -0.05) is 0 Å². The van der Waals surface area contributed by atoms with Gasteiger partial charge in [0.2, 0.25) is 11.1 Å². The third-order valence-electron chi connectivity index (χ3n) is 3.05. The van der Waals surface area contributed by atoms with Gasteiger partial charge in [0.1, 0.15) is 0 Å². The van der Waals surface area contributed by atoms with E-state index in [1.54, 1.807) is 0 Å². The molecule has 0 unspecified atom stereocenters. The van der Waals surface area contributed by atoms with Crippen molar-refractivity contribution in [3.63, 3.8) is 0 Å². The average molecular weight is 384 g/mol. The van der Waals surface area contributed by atoms with E-state index in [0.717, 1.165) is 13.1 Å². The summed E-state index contributed by atoms with van der Waals surface area (Å²) in [4.78, 5) is 11.7. The first-order valence-electron chi connectivity index (χ1n) is 5.67. The van der Waals surface area contributed by atoms with Crippen molar-refractivity contribution in [3.8, 4) is 0 Å². The Morgan fingerprint density at radius 3 is 2.43 bits per heavy atom. The number of anilines is 2. The maximum atomic E-state index is 14.1. The smallest absolute Gasteiger partial charge is 0.226 e. The lowest BCUT2D eigenvalue weighted by Gasteiger charge is -2.39. The predicted octanol–water partition coefficient (Wildman–Crippen LogP) is 1.96. The van der Waals surface area contributed by atoms with Crippen LogP contribution < -0.4 is 16.2 Å². The number of nitrogens with zero attached hydrogens (tertiary/aromatic N) is 4. The molecule has 21 heavy (non-hydrogen) atoms. The molecule has 1 aromatic heterocycles. The molecule has 1 saturated heterocycles. The van der Waals surface area contributed by atoms with Gasteiger partial charge in [-0.2, -0.15) is 14.4 Å². The second kappa shape index (κ2) is 9.66. The van der Waals surface area contributed by atoms with Gasteiger partial charge in [-0.05, 0) is 25.6 Å². The number of hydrogen-bond acceptors (Lipinski definition) is 6. The Hall–Kier alpha value is -0.310. The molecule has 2 rings (SSSR count). The fourth-order valence-electron chi connectivity index (χ4n) is 2.15. The molecule has 3 N–H and O–H groups in total. The number of nitrogens with two attached hydrogens (primary N) is 1. The third-order valence-corrected chi connectivity index (χ3v) is 3.21. The summed E-state index contributed by atoms with van der Waals surface area (Å²) in [5.74, 6) is 4.75. The summed E-state index contributed by atoms with van der Waals surface area (Å²) in [7, 11) is 2.03. The SMILES string of the molecule is C[C@@H]1CN(C)CCN1c1nc(Cl)nc(NN)c1F.Cl.Cl.Cl. The van der Waals surface area contributed by atoms with Crippen molar-refractivity contribution in [3.05, 3.63) is 11.1 Å². The van der Waals surface area contributed by atoms with Crippen molar-refractivity contribution in [2.75, 3.05) is 37.0 Å². The van der Waals surface area contributed by atoms with Crippen molar-refractivity contribution in [2.24, 2.45) is 5.84 Å². The van der Waals surface area contributed by atoms with Crippen LogP contribution in [0.4, 0.5) is 16.0 Å². The molecule has 0 aromatic carbocycles. The van der Waals surface area contributed by atoms with Crippen LogP contribution in [0.5, 0.6) is 0 Å². The zero-order valence-corrected chi connectivity index (χ0v) is 14.8. The van der Waals surface area contributed by atoms with E-state index in [9.17, 15) is 4.39 Å². The highest BCUT2D eigenvalue weighted by molar-refractivity contribution is 6.28. The molecule has 0 saturated carbocycles. The fraction of sp³-hybridized carbons (Fsp3) is 0.600. The Morgan fingerprint density at radius 2 is 1.90 bits per heavy atom. The van der Waals surface area contributed by atoms with Crippen molar-refractivity contribution >= 4 is 60.5 Å². The van der Waals surface area contributed by atoms with Crippen molar-refractivity contribution in [1.82, 2.24) is 14.9 Å². The van der Waals surface area contributed by atoms with E-state index in [2.05, 4.69) is 20.3 Å². The zero-order valence-electron chi connectivity index (χ0n) is 11.5. The largest absolute Gasteiger partial charge is 0.349 e. The van der Waals surface area contributed by atoms with E-state index < -0.39 is 5.82 Å². The number of halogens is 5. The van der Waals surface area contributed by atoms with E-state index >= 15 is 0 Å². The predicted molar refractivity (Wildman–Crippen MR) is 90.9 cm³/mol. The average Bonchev–Trinajstić information content (AvgIpc) is 2.32. The summed E-state index contributed by atoms with van der Waals surface area (Å²) in [5, 5.41) is -0.0227. The van der Waals surface area contributed by atoms with Crippen LogP contribution in [-0.2, 0) is 0 Å². The molecule has 124 valence electrons. The first-order chi connectivity index (χ1) is 8.52. The van der Waals surface area contributed by atoms with E-state index in [0.29, 0.717) is 6.54 Å². The molecular weight excluding hydrogens is 365 g/mol. The number of hydrazine groups is 1. The third kappa shape index (κ3) is 5.12. The van der Waals surface area contributed by atoms with Gasteiger partial charge in [0.05, 0.1) is 0 Å². The minimum atomic E-state index is -0.571. The van der Waals surface area contributed by atoms with Crippen LogP contribution >= 0.6 is 48.8 Å². The number of piperazine rings is 1. The summed E-state index contributed by atoms with van der Waals surface area (Å²) < 4.78 is 14.1. The summed E-state index contributed by atoms with van der Waals surface area (Å²) >= 11 is 5.77. The van der Waals surface area contributed by atoms with E-state index in [1.165, 1.54) is 0 Å². The zero-order chi connectivity index (χ0) is 13.3. The van der Waals surface area contributed by atoms with Crippen LogP contribution in [0, 0.1) is 5.82 Å². The van der Waals surface area contributed by atoms with Gasteiger partial charge in [0.15, 0.2) is 11.6 Å². The van der Waals surface area contributed by atoms with Gasteiger partial charge in [0.25, 0.3) is 0 Å². The minimum absolute atomic E-state index is 0. The normalized spacial score (nSPS) is 18.1. The lowest BCUT2D eigenvalue weighted by molar-refractivity contribution is 0.273. The van der Waals surface area contributed by atoms with Crippen LogP contribution in [0.15, 0.2) is 0 Å². The fourth-order valence-corrected chi connectivity index (χ4v) is 2.31. The monoisotopic (exact) mass is 382 g/mol. The van der Waals surface area contributed by atoms with Gasteiger partial charge in [0, 0.05) is 25.7 Å². The molecular formula is C10H19Cl4FN6. The highest BCUT2D eigenvalue weighted by atomic mass is 35.5. The van der Waals surface area contributed by atoms with Gasteiger partial charge in [-0.15, -0.1) is 37.2 Å². The summed E-state index contributed by atoms with van der Waals surface area (Å²) in [6, 6.07) is 0.148. The number of aromatic nitrogens is 2. The highest BCUT2D eigenvalue weighted by Gasteiger charge is 2.27. The van der Waals surface area contributed by atoms with Crippen molar-refractivity contribution < 1.29 is 4.39 Å². The Balaban J connectivity index is 0. The number of nitrogen functional groups attached to an aromatic ring is 1. The lowest BCUT2D eigenvalue weighted by atomic mass is 10.2. The van der Waals surface area contributed by atoms with E-state index in [-0.39, 0.29) is 60.2 Å². The van der Waals surface area contributed by atoms with Crippen LogP contribution in [0.25, 0.3) is 0 Å². The molecule has 1 atom stereocenters. The summed E-state index contributed by atoms with van der Waals surface area (Å²) in [6.45, 7) is 4.38. The molecule has 1 aliphatic heterocycles. The topological polar surface area (TPSA) is 70.3 Å². The first kappa shape index (κ1) is 23.0. The number of nitrogens with one attached hydrogen (secondary N) is 1. The lowest BCUT2D eigenvalue weighted by Crippen LogP contribution is -2.51. The Labute approximate surface area is 146 Å². The molecule has 1 aromatic rings. The molecule has 1 fully saturated rings. The Bertz CT molecular complexity index is 452. The highest BCUT2D eigenvalue weighted by Crippen LogP contribution is 2.26. The van der Waals surface area contributed by atoms with Crippen LogP contribution in [0.1, 0.15) is 6.92 Å². The number of hydrogen-bond donors (Lipinski definition) is 2. The van der Waals surface area contributed by atoms with Crippen molar-refractivity contribution in [2.45, 2.75) is 13.0 Å². The molecule has 0 spiro atoms. The molecule has 6 nitrogen and oxygen atoms in total. The minimum Gasteiger partial charge on any atom is -0.349 e. The maximum Gasteiger partial charge on any atom is 0.226 e. The van der Waals surface area contributed by atoms with E-state index in [4.69, 9.17) is 17.4 Å². The Morgan fingerprint density at radius 1 is 1.29 bits per heavy atom. The second-order valence-electron chi connectivity index (χ2n) is 4.43. The molecule has 0 aliphatic carbocycles. The van der Waals surface area contributed by atoms with Crippen molar-refractivity contribution in [1.29, 1.82) is 0 Å². The molecule has 0 radical (unpaired) electrons. The second-order valence-corrected chi connectivity index (χ2v) is 4.77. The molecule has 2 heterocycles. The maximum absolute atomic E-state index is 14.1. The van der Waals surface area contributed by atoms with Crippen LogP contribution in [0.3, 0.4) is 0 Å².